The topological polar surface area (TPSA) is 67.9 Å². The Labute approximate surface area is 185 Å². The molecule has 1 heterocycles. The Bertz CT molecular complexity index is 907. The molecule has 0 saturated carbocycles. The van der Waals surface area contributed by atoms with E-state index in [1.807, 2.05) is 43.4 Å². The second-order valence-corrected chi connectivity index (χ2v) is 8.40. The molecule has 1 N–H and O–H groups in total. The van der Waals surface area contributed by atoms with Crippen molar-refractivity contribution in [1.29, 1.82) is 0 Å². The monoisotopic (exact) mass is 448 g/mol. The number of nitrogens with zero attached hydrogens (tertiary/aromatic N) is 1. The van der Waals surface area contributed by atoms with Crippen molar-refractivity contribution in [3.63, 3.8) is 0 Å². The van der Waals surface area contributed by atoms with Gasteiger partial charge in [-0.3, -0.25) is 9.59 Å². The second-order valence-electron chi connectivity index (χ2n) is 6.78. The smallest absolute Gasteiger partial charge is 0.306 e. The summed E-state index contributed by atoms with van der Waals surface area (Å²) < 4.78 is 10.9. The lowest BCUT2D eigenvalue weighted by Gasteiger charge is -2.28. The number of likely N-dealkylation sites (N-methyl/N-ethyl adjacent to an activating group) is 1. The van der Waals surface area contributed by atoms with E-state index in [4.69, 9.17) is 21.1 Å². The Morgan fingerprint density at radius 2 is 1.97 bits per heavy atom. The standard InChI is InChI=1S/C22H25ClN2O4S/c1-4-19(26)29-20-21(14-5-8-16(28-3)9-6-14)30-18-13-15(23)7-10-17(18)25(22(20)27)12-11-24-2/h5-10,13,20-21,24H,4,11-12H2,1-3H3. The summed E-state index contributed by atoms with van der Waals surface area (Å²) in [5.41, 5.74) is 1.63. The summed E-state index contributed by atoms with van der Waals surface area (Å²) in [5, 5.41) is 3.23. The molecule has 160 valence electrons. The highest BCUT2D eigenvalue weighted by atomic mass is 35.5. The number of nitrogens with one attached hydrogen (secondary N) is 1. The first-order chi connectivity index (χ1) is 14.5. The van der Waals surface area contributed by atoms with E-state index < -0.39 is 17.3 Å². The first-order valence-electron chi connectivity index (χ1n) is 9.74. The van der Waals surface area contributed by atoms with Gasteiger partial charge in [-0.2, -0.15) is 0 Å². The van der Waals surface area contributed by atoms with Crippen LogP contribution in [0, 0.1) is 0 Å². The van der Waals surface area contributed by atoms with Gasteiger partial charge in [0.25, 0.3) is 5.91 Å². The van der Waals surface area contributed by atoms with Crippen LogP contribution in [0.2, 0.25) is 5.02 Å². The lowest BCUT2D eigenvalue weighted by molar-refractivity contribution is -0.154. The molecule has 8 heteroatoms. The van der Waals surface area contributed by atoms with Gasteiger partial charge in [0.1, 0.15) is 5.75 Å². The van der Waals surface area contributed by atoms with Gasteiger partial charge in [-0.1, -0.05) is 30.7 Å². The van der Waals surface area contributed by atoms with Crippen molar-refractivity contribution in [2.75, 3.05) is 32.1 Å². The van der Waals surface area contributed by atoms with Crippen LogP contribution < -0.4 is 15.0 Å². The van der Waals surface area contributed by atoms with Crippen molar-refractivity contribution in [2.24, 2.45) is 0 Å². The number of amides is 1. The number of methoxy groups -OCH3 is 1. The van der Waals surface area contributed by atoms with Crippen molar-refractivity contribution >= 4 is 40.9 Å². The minimum Gasteiger partial charge on any atom is -0.497 e. The van der Waals surface area contributed by atoms with Crippen LogP contribution >= 0.6 is 23.4 Å². The van der Waals surface area contributed by atoms with E-state index >= 15 is 0 Å². The average Bonchev–Trinajstić information content (AvgIpc) is 2.87. The molecule has 1 aliphatic heterocycles. The highest BCUT2D eigenvalue weighted by Crippen LogP contribution is 2.47. The van der Waals surface area contributed by atoms with E-state index in [1.54, 1.807) is 25.0 Å². The number of fused-ring (bicyclic) bond motifs is 1. The quantitative estimate of drug-likeness (QED) is 0.644. The molecule has 3 rings (SSSR count). The first-order valence-corrected chi connectivity index (χ1v) is 11.0. The number of ether oxygens (including phenoxy) is 2. The Hall–Kier alpha value is -2.22. The molecule has 1 aliphatic rings. The number of carbonyl (C=O) groups is 2. The van der Waals surface area contributed by atoms with Gasteiger partial charge in [-0.15, -0.1) is 11.8 Å². The lowest BCUT2D eigenvalue weighted by atomic mass is 10.1. The Balaban J connectivity index is 2.10. The van der Waals surface area contributed by atoms with Gasteiger partial charge >= 0.3 is 5.97 Å². The van der Waals surface area contributed by atoms with Crippen LogP contribution in [0.4, 0.5) is 5.69 Å². The molecule has 2 aromatic carbocycles. The SMILES string of the molecule is CCC(=O)OC1C(=O)N(CCNC)c2ccc(Cl)cc2SC1c1ccc(OC)cc1. The van der Waals surface area contributed by atoms with E-state index in [9.17, 15) is 9.59 Å². The zero-order chi connectivity index (χ0) is 21.7. The predicted molar refractivity (Wildman–Crippen MR) is 119 cm³/mol. The van der Waals surface area contributed by atoms with Gasteiger partial charge in [0.15, 0.2) is 6.10 Å². The fraction of sp³-hybridized carbons (Fsp3) is 0.364. The maximum absolute atomic E-state index is 13.6. The Morgan fingerprint density at radius 3 is 2.60 bits per heavy atom. The van der Waals surface area contributed by atoms with Crippen molar-refractivity contribution in [2.45, 2.75) is 29.6 Å². The summed E-state index contributed by atoms with van der Waals surface area (Å²) in [5.74, 6) is 0.0522. The summed E-state index contributed by atoms with van der Waals surface area (Å²) in [7, 11) is 3.43. The number of hydrogen-bond acceptors (Lipinski definition) is 6. The molecule has 6 nitrogen and oxygen atoms in total. The Morgan fingerprint density at radius 1 is 1.23 bits per heavy atom. The fourth-order valence-electron chi connectivity index (χ4n) is 3.23. The minimum absolute atomic E-state index is 0.194. The number of rotatable bonds is 7. The molecule has 0 aliphatic carbocycles. The maximum Gasteiger partial charge on any atom is 0.306 e. The highest BCUT2D eigenvalue weighted by molar-refractivity contribution is 7.99. The lowest BCUT2D eigenvalue weighted by Crippen LogP contribution is -2.45. The summed E-state index contributed by atoms with van der Waals surface area (Å²) >= 11 is 7.74. The molecule has 1 amide bonds. The third kappa shape index (κ3) is 4.91. The van der Waals surface area contributed by atoms with Crippen LogP contribution in [0.3, 0.4) is 0 Å². The predicted octanol–water partition coefficient (Wildman–Crippen LogP) is 4.07. The molecule has 2 atom stereocenters. The molecule has 30 heavy (non-hydrogen) atoms. The summed E-state index contributed by atoms with van der Waals surface area (Å²) in [6, 6.07) is 12.9. The molecule has 0 radical (unpaired) electrons. The van der Waals surface area contributed by atoms with Gasteiger partial charge in [-0.05, 0) is 42.9 Å². The average molecular weight is 449 g/mol. The molecule has 0 fully saturated rings. The van der Waals surface area contributed by atoms with Crippen LogP contribution in [0.25, 0.3) is 0 Å². The van der Waals surface area contributed by atoms with Gasteiger partial charge < -0.3 is 19.7 Å². The van der Waals surface area contributed by atoms with Gasteiger partial charge in [-0.25, -0.2) is 0 Å². The zero-order valence-electron chi connectivity index (χ0n) is 17.2. The first kappa shape index (κ1) is 22.5. The van der Waals surface area contributed by atoms with E-state index in [-0.39, 0.29) is 12.3 Å². The summed E-state index contributed by atoms with van der Waals surface area (Å²) in [6.45, 7) is 2.76. The van der Waals surface area contributed by atoms with Crippen molar-refractivity contribution in [3.8, 4) is 5.75 Å². The fourth-order valence-corrected chi connectivity index (χ4v) is 4.83. The number of halogens is 1. The number of thioether (sulfide) groups is 1. The molecule has 2 unspecified atom stereocenters. The molecular weight excluding hydrogens is 424 g/mol. The second kappa shape index (κ2) is 10.2. The largest absolute Gasteiger partial charge is 0.497 e. The van der Waals surface area contributed by atoms with Crippen LogP contribution in [-0.4, -0.2) is 45.2 Å². The van der Waals surface area contributed by atoms with Gasteiger partial charge in [0.2, 0.25) is 0 Å². The molecule has 0 saturated heterocycles. The van der Waals surface area contributed by atoms with Crippen LogP contribution in [0.15, 0.2) is 47.4 Å². The highest BCUT2D eigenvalue weighted by Gasteiger charge is 2.41. The Kier molecular flexibility index (Phi) is 7.64. The van der Waals surface area contributed by atoms with Crippen LogP contribution in [0.5, 0.6) is 5.75 Å². The van der Waals surface area contributed by atoms with E-state index in [1.165, 1.54) is 11.8 Å². The molecule has 0 aromatic heterocycles. The molecule has 0 bridgehead atoms. The van der Waals surface area contributed by atoms with Crippen LogP contribution in [-0.2, 0) is 14.3 Å². The molecule has 2 aromatic rings. The summed E-state index contributed by atoms with van der Waals surface area (Å²) in [4.78, 5) is 28.4. The third-order valence-corrected chi connectivity index (χ3v) is 6.42. The van der Waals surface area contributed by atoms with Crippen molar-refractivity contribution in [3.05, 3.63) is 53.1 Å². The van der Waals surface area contributed by atoms with Crippen LogP contribution in [0.1, 0.15) is 24.2 Å². The van der Waals surface area contributed by atoms with E-state index in [2.05, 4.69) is 5.32 Å². The van der Waals surface area contributed by atoms with Gasteiger partial charge in [0, 0.05) is 29.4 Å². The van der Waals surface area contributed by atoms with E-state index in [0.29, 0.717) is 23.9 Å². The van der Waals surface area contributed by atoms with Crippen molar-refractivity contribution < 1.29 is 19.1 Å². The maximum atomic E-state index is 13.6. The minimum atomic E-state index is -0.959. The number of esters is 1. The number of hydrogen-bond donors (Lipinski definition) is 1. The number of anilines is 1. The molecular formula is C22H25ClN2O4S. The normalized spacial score (nSPS) is 18.5. The zero-order valence-corrected chi connectivity index (χ0v) is 18.8. The van der Waals surface area contributed by atoms with Crippen molar-refractivity contribution in [1.82, 2.24) is 5.32 Å². The third-order valence-electron chi connectivity index (χ3n) is 4.83. The number of benzene rings is 2. The summed E-state index contributed by atoms with van der Waals surface area (Å²) in [6.07, 6.45) is -0.766. The van der Waals surface area contributed by atoms with E-state index in [0.717, 1.165) is 16.1 Å². The molecule has 0 spiro atoms. The van der Waals surface area contributed by atoms with Gasteiger partial charge in [0.05, 0.1) is 18.0 Å². The number of carbonyl (C=O) groups excluding carboxylic acids is 2.